The average Bonchev–Trinajstić information content (AvgIpc) is 3.40. The third-order valence-corrected chi connectivity index (χ3v) is 14.0. The molecule has 2 fully saturated rings. The lowest BCUT2D eigenvalue weighted by molar-refractivity contribution is -0.165. The van der Waals surface area contributed by atoms with Gasteiger partial charge in [0.25, 0.3) is 0 Å². The van der Waals surface area contributed by atoms with E-state index in [-0.39, 0.29) is 56.6 Å². The van der Waals surface area contributed by atoms with Crippen molar-refractivity contribution in [2.24, 2.45) is 11.8 Å². The number of esters is 2. The summed E-state index contributed by atoms with van der Waals surface area (Å²) >= 11 is 0. The van der Waals surface area contributed by atoms with Gasteiger partial charge in [0.2, 0.25) is 53.2 Å². The number of phenols is 1. The highest BCUT2D eigenvalue weighted by atomic mass is 16.6. The lowest BCUT2D eigenvalue weighted by Crippen LogP contribution is -2.65. The van der Waals surface area contributed by atoms with Crippen LogP contribution in [-0.2, 0) is 75.1 Å². The number of hydrogen-bond acceptors (Lipinski definition) is 15. The zero-order chi connectivity index (χ0) is 60.4. The van der Waals surface area contributed by atoms with Gasteiger partial charge in [0.05, 0.1) is 0 Å². The van der Waals surface area contributed by atoms with Crippen LogP contribution in [0.4, 0.5) is 0 Å². The first-order valence-electron chi connectivity index (χ1n) is 27.8. The van der Waals surface area contributed by atoms with Crippen LogP contribution >= 0.6 is 0 Å². The topological polar surface area (TPSA) is 337 Å². The molecular weight excluding hydrogens is 1050 g/mol. The average molecular weight is 1130 g/mol. The SMILES string of the molecule is CCCC(=O)N[C@@H](C)C(=O)N[C@H](C(=O)N[C@@H]1C(=O)N[C@@H](CC(C)C)C(=O)N[C@H]2CC[C@@H](O)N(C2=O)[C@@H](Cc2ccccc2)C(=O)N(C)[C@@H](Cc2ccc(O)cc2)C(=O)N[C@@H](C(C)C)C(=O)O[C@@H]1C)[C@H](C)OC(=O)[C@H](C)NC(=O)CCC. The summed E-state index contributed by atoms with van der Waals surface area (Å²) in [6.45, 7) is 15.4. The monoisotopic (exact) mass is 1130 g/mol. The van der Waals surface area contributed by atoms with Gasteiger partial charge in [0.15, 0.2) is 0 Å². The maximum Gasteiger partial charge on any atom is 0.329 e. The van der Waals surface area contributed by atoms with Crippen LogP contribution < -0.4 is 37.2 Å². The predicted octanol–water partition coefficient (Wildman–Crippen LogP) is 0.927. The number of likely N-dealkylation sites (N-methyl/N-ethyl adjacent to an activating group) is 1. The summed E-state index contributed by atoms with van der Waals surface area (Å²) < 4.78 is 11.6. The standard InChI is InChI=1S/C57H83N9O15/c1-12-17-43(68)58-32(7)49(71)63-48(34(9)80-56(78)33(8)59-44(69)18-13-2)53(75)64-47-35(10)81-57(79)46(31(5)6)62-51(73)41(28-37-21-23-38(67)24-22-37)65(11)55(77)42(29-36-19-15-14-16-20-36)66-45(70)26-25-39(54(66)76)60-50(72)40(27-30(3)4)61-52(47)74/h14-16,19-24,30-35,39-42,45-48,67,70H,12-13,17-18,25-29H2,1-11H3,(H,58,68)(H,59,69)(H,60,72)(H,61,74)(H,62,73)(H,63,71)(H,64,75)/t32-,33-,34-,35+,39-,40-,41-,42-,45+,46-,47-,48-/m0/s1. The van der Waals surface area contributed by atoms with Crippen molar-refractivity contribution in [2.75, 3.05) is 7.05 Å². The van der Waals surface area contributed by atoms with Crippen LogP contribution in [0.25, 0.3) is 0 Å². The van der Waals surface area contributed by atoms with Gasteiger partial charge in [0, 0.05) is 32.7 Å². The van der Waals surface area contributed by atoms with E-state index < -0.39 is 144 Å². The molecule has 2 aromatic carbocycles. The van der Waals surface area contributed by atoms with Crippen LogP contribution in [0.3, 0.4) is 0 Å². The number of amides is 9. The molecule has 2 aromatic rings. The number of aliphatic hydroxyl groups excluding tert-OH is 1. The van der Waals surface area contributed by atoms with Gasteiger partial charge >= 0.3 is 11.9 Å². The predicted molar refractivity (Wildman–Crippen MR) is 294 cm³/mol. The fraction of sp³-hybridized carbons (Fsp3) is 0.596. The Morgan fingerprint density at radius 1 is 0.704 bits per heavy atom. The van der Waals surface area contributed by atoms with Crippen LogP contribution in [0.5, 0.6) is 5.75 Å². The molecule has 2 bridgehead atoms. The molecule has 12 atom stereocenters. The second kappa shape index (κ2) is 30.8. The van der Waals surface area contributed by atoms with E-state index in [1.165, 1.54) is 59.0 Å². The lowest BCUT2D eigenvalue weighted by Gasteiger charge is -2.43. The summed E-state index contributed by atoms with van der Waals surface area (Å²) in [5, 5.41) is 39.8. The van der Waals surface area contributed by atoms with E-state index in [1.54, 1.807) is 71.9 Å². The van der Waals surface area contributed by atoms with E-state index in [2.05, 4.69) is 37.2 Å². The normalized spacial score (nSPS) is 23.9. The van der Waals surface area contributed by atoms with Gasteiger partial charge in [-0.25, -0.2) is 9.59 Å². The van der Waals surface area contributed by atoms with Gasteiger partial charge in [-0.3, -0.25) is 43.2 Å². The summed E-state index contributed by atoms with van der Waals surface area (Å²) in [6.07, 6.45) is -4.23. The van der Waals surface area contributed by atoms with Crippen LogP contribution in [0.1, 0.15) is 125 Å². The summed E-state index contributed by atoms with van der Waals surface area (Å²) in [5.74, 6) is -10.7. The number of ether oxygens (including phenoxy) is 2. The summed E-state index contributed by atoms with van der Waals surface area (Å²) in [5.41, 5.74) is 1.06. The number of piperidine rings is 1. The molecule has 24 nitrogen and oxygen atoms in total. The number of phenolic OH excluding ortho intramolecular Hbond substituents is 1. The van der Waals surface area contributed by atoms with E-state index in [9.17, 15) is 58.2 Å². The number of rotatable bonds is 20. The first kappa shape index (κ1) is 65.9. The molecule has 9 N–H and O–H groups in total. The molecule has 446 valence electrons. The Morgan fingerprint density at radius 2 is 1.28 bits per heavy atom. The van der Waals surface area contributed by atoms with E-state index in [4.69, 9.17) is 9.47 Å². The van der Waals surface area contributed by atoms with Crippen molar-refractivity contribution < 1.29 is 72.4 Å². The Labute approximate surface area is 473 Å². The third-order valence-electron chi connectivity index (χ3n) is 14.0. The second-order valence-corrected chi connectivity index (χ2v) is 21.7. The van der Waals surface area contributed by atoms with Gasteiger partial charge in [-0.2, -0.15) is 0 Å². The highest BCUT2D eigenvalue weighted by Crippen LogP contribution is 2.26. The number of aromatic hydroxyl groups is 1. The van der Waals surface area contributed by atoms with Crippen molar-refractivity contribution in [2.45, 2.75) is 200 Å². The van der Waals surface area contributed by atoms with Crippen molar-refractivity contribution in [3.05, 3.63) is 65.7 Å². The molecule has 2 aliphatic rings. The van der Waals surface area contributed by atoms with Crippen LogP contribution in [-0.4, -0.2) is 165 Å². The Kier molecular flexibility index (Phi) is 25.1. The van der Waals surface area contributed by atoms with Crippen molar-refractivity contribution in [1.29, 1.82) is 0 Å². The zero-order valence-corrected chi connectivity index (χ0v) is 48.2. The van der Waals surface area contributed by atoms with E-state index in [0.717, 1.165) is 9.80 Å². The van der Waals surface area contributed by atoms with Crippen molar-refractivity contribution >= 4 is 65.1 Å². The maximum atomic E-state index is 15.2. The van der Waals surface area contributed by atoms with Gasteiger partial charge in [-0.15, -0.1) is 0 Å². The summed E-state index contributed by atoms with van der Waals surface area (Å²) in [7, 11) is 1.34. The number of carbonyl (C=O) groups is 11. The van der Waals surface area contributed by atoms with Crippen molar-refractivity contribution in [3.8, 4) is 5.75 Å². The van der Waals surface area contributed by atoms with Crippen LogP contribution in [0.15, 0.2) is 54.6 Å². The number of nitrogens with one attached hydrogen (secondary N) is 7. The highest BCUT2D eigenvalue weighted by Gasteiger charge is 2.46. The minimum atomic E-state index is -1.93. The summed E-state index contributed by atoms with van der Waals surface area (Å²) in [4.78, 5) is 158. The molecular formula is C57H83N9O15. The molecule has 0 spiro atoms. The summed E-state index contributed by atoms with van der Waals surface area (Å²) in [6, 6.07) is 1.05. The number of hydrogen-bond donors (Lipinski definition) is 9. The first-order valence-corrected chi connectivity index (χ1v) is 27.8. The number of benzene rings is 2. The van der Waals surface area contributed by atoms with Crippen LogP contribution in [0.2, 0.25) is 0 Å². The van der Waals surface area contributed by atoms with Crippen LogP contribution in [0, 0.1) is 11.8 Å². The van der Waals surface area contributed by atoms with Gasteiger partial charge in [-0.05, 0) is 94.9 Å². The molecule has 0 unspecified atom stereocenters. The van der Waals surface area contributed by atoms with Gasteiger partial charge < -0.3 is 66.7 Å². The van der Waals surface area contributed by atoms with Gasteiger partial charge in [0.1, 0.15) is 78.6 Å². The molecule has 0 radical (unpaired) electrons. The number of nitrogens with zero attached hydrogens (tertiary/aromatic N) is 2. The van der Waals surface area contributed by atoms with E-state index in [1.807, 2.05) is 0 Å². The van der Waals surface area contributed by atoms with E-state index >= 15 is 4.79 Å². The smallest absolute Gasteiger partial charge is 0.329 e. The highest BCUT2D eigenvalue weighted by molar-refractivity contribution is 5.99. The zero-order valence-electron chi connectivity index (χ0n) is 48.2. The molecule has 0 saturated carbocycles. The minimum Gasteiger partial charge on any atom is -0.508 e. The lowest BCUT2D eigenvalue weighted by atomic mass is 9.95. The Hall–Kier alpha value is -7.63. The molecule has 4 rings (SSSR count). The number of cyclic esters (lactones) is 1. The third kappa shape index (κ3) is 19.0. The largest absolute Gasteiger partial charge is 0.508 e. The second-order valence-electron chi connectivity index (χ2n) is 21.7. The number of aliphatic hydroxyl groups is 1. The quantitative estimate of drug-likeness (QED) is 0.0833. The Balaban J connectivity index is 1.88. The molecule has 81 heavy (non-hydrogen) atoms. The van der Waals surface area contributed by atoms with E-state index in [0.29, 0.717) is 24.0 Å². The van der Waals surface area contributed by atoms with Crippen molar-refractivity contribution in [1.82, 2.24) is 47.0 Å². The number of fused-ring (bicyclic) bond motifs is 2. The fourth-order valence-electron chi connectivity index (χ4n) is 9.37. The Bertz CT molecular complexity index is 2550. The fourth-order valence-corrected chi connectivity index (χ4v) is 9.37. The minimum absolute atomic E-state index is 0.0519. The van der Waals surface area contributed by atoms with Gasteiger partial charge in [-0.1, -0.05) is 84.0 Å². The molecule has 0 aliphatic carbocycles. The maximum absolute atomic E-state index is 15.2. The number of carbonyl (C=O) groups excluding carboxylic acids is 11. The molecule has 2 aliphatic heterocycles. The Morgan fingerprint density at radius 3 is 1.86 bits per heavy atom. The molecule has 9 amide bonds. The molecule has 24 heteroatoms. The molecule has 2 heterocycles. The molecule has 0 aromatic heterocycles. The molecule has 2 saturated heterocycles. The van der Waals surface area contributed by atoms with Crippen molar-refractivity contribution in [3.63, 3.8) is 0 Å². The first-order chi connectivity index (χ1) is 38.2.